The van der Waals surface area contributed by atoms with E-state index in [1.165, 1.54) is 31.0 Å². The van der Waals surface area contributed by atoms with E-state index in [1.54, 1.807) is 7.11 Å². The molecule has 160 valence electrons. The van der Waals surface area contributed by atoms with Crippen LogP contribution in [0, 0.1) is 5.92 Å². The topological polar surface area (TPSA) is 82.2 Å². The van der Waals surface area contributed by atoms with Crippen molar-refractivity contribution in [2.75, 3.05) is 12.9 Å². The van der Waals surface area contributed by atoms with Gasteiger partial charge in [-0.2, -0.15) is 0 Å². The summed E-state index contributed by atoms with van der Waals surface area (Å²) in [5, 5.41) is 13.5. The summed E-state index contributed by atoms with van der Waals surface area (Å²) >= 11 is 1.41. The van der Waals surface area contributed by atoms with Crippen LogP contribution in [-0.2, 0) is 11.3 Å². The van der Waals surface area contributed by atoms with Gasteiger partial charge in [0, 0.05) is 18.0 Å². The van der Waals surface area contributed by atoms with E-state index in [2.05, 4.69) is 22.4 Å². The van der Waals surface area contributed by atoms with Gasteiger partial charge in [-0.1, -0.05) is 43.7 Å². The van der Waals surface area contributed by atoms with E-state index < -0.39 is 0 Å². The fraction of sp³-hybridized carbons (Fsp3) is 0.500. The van der Waals surface area contributed by atoms with Crippen molar-refractivity contribution >= 4 is 28.6 Å². The van der Waals surface area contributed by atoms with Gasteiger partial charge in [-0.05, 0) is 37.8 Å². The third-order valence-corrected chi connectivity index (χ3v) is 6.74. The zero-order valence-electron chi connectivity index (χ0n) is 17.7. The molecule has 7 nitrogen and oxygen atoms in total. The lowest BCUT2D eigenvalue weighted by atomic mass is 9.86. The molecule has 1 fully saturated rings. The van der Waals surface area contributed by atoms with Crippen molar-refractivity contribution in [3.8, 4) is 17.3 Å². The zero-order chi connectivity index (χ0) is 21.1. The lowest BCUT2D eigenvalue weighted by Crippen LogP contribution is -2.41. The van der Waals surface area contributed by atoms with E-state index in [4.69, 9.17) is 9.15 Å². The molecule has 2 atom stereocenters. The molecule has 0 bridgehead atoms. The molecular weight excluding hydrogens is 400 g/mol. The number of carbonyl (C=O) groups is 1. The average molecular weight is 429 g/mol. The van der Waals surface area contributed by atoms with Gasteiger partial charge in [0.05, 0.1) is 12.9 Å². The third-order valence-electron chi connectivity index (χ3n) is 5.77. The van der Waals surface area contributed by atoms with Gasteiger partial charge in [-0.3, -0.25) is 9.36 Å². The van der Waals surface area contributed by atoms with Crippen molar-refractivity contribution in [3.05, 3.63) is 24.3 Å². The smallest absolute Gasteiger partial charge is 0.230 e. The van der Waals surface area contributed by atoms with E-state index in [9.17, 15) is 4.79 Å². The normalized spacial score (nSPS) is 19.2. The summed E-state index contributed by atoms with van der Waals surface area (Å²) in [6.45, 7) is 4.93. The Morgan fingerprint density at radius 3 is 2.93 bits per heavy atom. The van der Waals surface area contributed by atoms with Crippen LogP contribution < -0.4 is 10.1 Å². The van der Waals surface area contributed by atoms with Crippen LogP contribution in [0.4, 0.5) is 0 Å². The molecule has 0 saturated heterocycles. The molecule has 1 aromatic carbocycles. The van der Waals surface area contributed by atoms with Gasteiger partial charge < -0.3 is 14.5 Å². The van der Waals surface area contributed by atoms with Gasteiger partial charge in [-0.25, -0.2) is 0 Å². The fourth-order valence-electron chi connectivity index (χ4n) is 4.08. The number of para-hydroxylation sites is 1. The first-order chi connectivity index (χ1) is 14.6. The molecule has 4 rings (SSSR count). The van der Waals surface area contributed by atoms with Crippen molar-refractivity contribution in [2.45, 2.75) is 57.3 Å². The minimum atomic E-state index is 0.0550. The Morgan fingerprint density at radius 2 is 2.17 bits per heavy atom. The second-order valence-corrected chi connectivity index (χ2v) is 8.71. The van der Waals surface area contributed by atoms with Gasteiger partial charge in [-0.15, -0.1) is 10.2 Å². The highest BCUT2D eigenvalue weighted by molar-refractivity contribution is 7.99. The molecule has 0 spiro atoms. The van der Waals surface area contributed by atoms with E-state index in [-0.39, 0.29) is 11.9 Å². The van der Waals surface area contributed by atoms with Crippen LogP contribution in [0.1, 0.15) is 39.5 Å². The van der Waals surface area contributed by atoms with Crippen LogP contribution in [0.5, 0.6) is 5.75 Å². The summed E-state index contributed by atoms with van der Waals surface area (Å²) < 4.78 is 13.4. The highest BCUT2D eigenvalue weighted by Crippen LogP contribution is 2.33. The molecule has 1 aliphatic rings. The van der Waals surface area contributed by atoms with E-state index in [0.29, 0.717) is 46.3 Å². The number of rotatable bonds is 7. The molecule has 1 saturated carbocycles. The maximum absolute atomic E-state index is 12.5. The number of furan rings is 1. The Labute approximate surface area is 180 Å². The number of nitrogens with zero attached hydrogens (tertiary/aromatic N) is 3. The van der Waals surface area contributed by atoms with Crippen LogP contribution in [0.3, 0.4) is 0 Å². The molecule has 0 aliphatic heterocycles. The van der Waals surface area contributed by atoms with Gasteiger partial charge in [0.2, 0.25) is 11.7 Å². The number of benzene rings is 1. The number of aromatic nitrogens is 3. The average Bonchev–Trinajstić information content (AvgIpc) is 3.37. The number of hydrogen-bond donors (Lipinski definition) is 1. The first-order valence-corrected chi connectivity index (χ1v) is 11.5. The highest BCUT2D eigenvalue weighted by Gasteiger charge is 2.23. The van der Waals surface area contributed by atoms with Crippen molar-refractivity contribution < 1.29 is 13.9 Å². The van der Waals surface area contributed by atoms with Gasteiger partial charge in [0.15, 0.2) is 22.2 Å². The number of nitrogens with one attached hydrogen (secondary N) is 1. The summed E-state index contributed by atoms with van der Waals surface area (Å²) in [6.07, 6.45) is 4.72. The van der Waals surface area contributed by atoms with Crippen LogP contribution in [-0.4, -0.2) is 39.6 Å². The molecule has 3 aromatic rings. The number of amides is 1. The zero-order valence-corrected chi connectivity index (χ0v) is 18.5. The number of ether oxygens (including phenoxy) is 1. The van der Waals surface area contributed by atoms with Crippen LogP contribution in [0.25, 0.3) is 22.6 Å². The lowest BCUT2D eigenvalue weighted by molar-refractivity contribution is -0.119. The minimum Gasteiger partial charge on any atom is -0.493 e. The number of fused-ring (bicyclic) bond motifs is 1. The molecule has 0 unspecified atom stereocenters. The highest BCUT2D eigenvalue weighted by atomic mass is 32.2. The molecule has 1 aliphatic carbocycles. The quantitative estimate of drug-likeness (QED) is 0.558. The standard InChI is InChI=1S/C22H28N4O3S/c1-4-26-21(18-12-15-9-7-11-17(28-3)20(15)29-18)24-25-22(26)30-13-19(27)23-16-10-6-5-8-14(16)2/h7,9,11-12,14,16H,4-6,8,10,13H2,1-3H3,(H,23,27)/t14-,16-/m1/s1. The molecule has 2 heterocycles. The number of thioether (sulfide) groups is 1. The summed E-state index contributed by atoms with van der Waals surface area (Å²) in [4.78, 5) is 12.5. The largest absolute Gasteiger partial charge is 0.493 e. The minimum absolute atomic E-state index is 0.0550. The van der Waals surface area contributed by atoms with Crippen molar-refractivity contribution in [1.29, 1.82) is 0 Å². The van der Waals surface area contributed by atoms with Crippen molar-refractivity contribution in [3.63, 3.8) is 0 Å². The predicted octanol–water partition coefficient (Wildman–Crippen LogP) is 4.51. The molecule has 1 amide bonds. The van der Waals surface area contributed by atoms with E-state index in [1.807, 2.05) is 35.8 Å². The Bertz CT molecular complexity index is 1030. The second kappa shape index (κ2) is 9.12. The monoisotopic (exact) mass is 428 g/mol. The van der Waals surface area contributed by atoms with Crippen molar-refractivity contribution in [1.82, 2.24) is 20.1 Å². The summed E-state index contributed by atoms with van der Waals surface area (Å²) in [5.41, 5.74) is 0.691. The van der Waals surface area contributed by atoms with Crippen LogP contribution in [0.15, 0.2) is 33.8 Å². The summed E-state index contributed by atoms with van der Waals surface area (Å²) in [7, 11) is 1.62. The SMILES string of the molecule is CCn1c(SCC(=O)N[C@@H]2CCCC[C@H]2C)nnc1-c1cc2cccc(OC)c2o1. The van der Waals surface area contributed by atoms with Gasteiger partial charge >= 0.3 is 0 Å². The van der Waals surface area contributed by atoms with Gasteiger partial charge in [0.25, 0.3) is 0 Å². The third kappa shape index (κ3) is 4.19. The molecular formula is C22H28N4O3S. The van der Waals surface area contributed by atoms with E-state index >= 15 is 0 Å². The van der Waals surface area contributed by atoms with Crippen LogP contribution >= 0.6 is 11.8 Å². The Morgan fingerprint density at radius 1 is 1.33 bits per heavy atom. The van der Waals surface area contributed by atoms with Gasteiger partial charge in [0.1, 0.15) is 0 Å². The maximum atomic E-state index is 12.5. The molecule has 2 aromatic heterocycles. The predicted molar refractivity (Wildman–Crippen MR) is 118 cm³/mol. The van der Waals surface area contributed by atoms with Crippen LogP contribution in [0.2, 0.25) is 0 Å². The first kappa shape index (κ1) is 20.8. The maximum Gasteiger partial charge on any atom is 0.230 e. The van der Waals surface area contributed by atoms with Crippen molar-refractivity contribution in [2.24, 2.45) is 5.92 Å². The Balaban J connectivity index is 1.48. The number of methoxy groups -OCH3 is 1. The first-order valence-electron chi connectivity index (χ1n) is 10.5. The number of carbonyl (C=O) groups excluding carboxylic acids is 1. The lowest BCUT2D eigenvalue weighted by Gasteiger charge is -2.29. The summed E-state index contributed by atoms with van der Waals surface area (Å²) in [5.74, 6) is 2.90. The molecule has 1 N–H and O–H groups in total. The molecule has 30 heavy (non-hydrogen) atoms. The number of hydrogen-bond acceptors (Lipinski definition) is 6. The summed E-state index contributed by atoms with van der Waals surface area (Å²) in [6, 6.07) is 8.01. The van der Waals surface area contributed by atoms with E-state index in [0.717, 1.165) is 11.8 Å². The molecule has 0 radical (unpaired) electrons. The Kier molecular flexibility index (Phi) is 6.32. The fourth-order valence-corrected chi connectivity index (χ4v) is 4.89. The second-order valence-electron chi connectivity index (χ2n) is 7.76. The Hall–Kier alpha value is -2.48. The molecule has 8 heteroatoms.